The number of carboxylic acid groups (broad SMARTS) is 1. The molecule has 1 heterocycles. The highest BCUT2D eigenvalue weighted by atomic mass is 16.6. The fourth-order valence-corrected chi connectivity index (χ4v) is 3.53. The molecule has 1 aliphatic rings. The molecule has 7 heteroatoms. The predicted octanol–water partition coefficient (Wildman–Crippen LogP) is 3.37. The number of carbonyl (C=O) groups excluding carboxylic acids is 1. The van der Waals surface area contributed by atoms with Crippen molar-refractivity contribution in [1.29, 1.82) is 0 Å². The minimum Gasteiger partial charge on any atom is -0.481 e. The van der Waals surface area contributed by atoms with E-state index in [9.17, 15) is 24.8 Å². The molecule has 0 aromatic heterocycles. The molecule has 2 aromatic rings. The Kier molecular flexibility index (Phi) is 4.46. The zero-order chi connectivity index (χ0) is 19.0. The van der Waals surface area contributed by atoms with Crippen LogP contribution in [-0.4, -0.2) is 32.8 Å². The van der Waals surface area contributed by atoms with E-state index in [2.05, 4.69) is 0 Å². The van der Waals surface area contributed by atoms with E-state index in [1.807, 2.05) is 13.8 Å². The van der Waals surface area contributed by atoms with Crippen LogP contribution in [0.3, 0.4) is 0 Å². The van der Waals surface area contributed by atoms with Gasteiger partial charge in [-0.3, -0.25) is 19.7 Å². The molecule has 2 aromatic carbocycles. The fourth-order valence-electron chi connectivity index (χ4n) is 3.53. The first-order valence-electron chi connectivity index (χ1n) is 8.21. The first-order chi connectivity index (χ1) is 12.3. The number of non-ortho nitro benzene ring substituents is 1. The van der Waals surface area contributed by atoms with Crippen LogP contribution in [0, 0.1) is 10.1 Å². The van der Waals surface area contributed by atoms with Crippen molar-refractivity contribution >= 4 is 17.6 Å². The number of nitro groups is 1. The van der Waals surface area contributed by atoms with Crippen LogP contribution in [0.15, 0.2) is 48.5 Å². The van der Waals surface area contributed by atoms with E-state index in [0.29, 0.717) is 16.7 Å². The molecule has 2 unspecified atom stereocenters. The average molecular weight is 354 g/mol. The van der Waals surface area contributed by atoms with Crippen LogP contribution in [0.25, 0.3) is 0 Å². The van der Waals surface area contributed by atoms with Gasteiger partial charge in [0.1, 0.15) is 5.92 Å². The van der Waals surface area contributed by atoms with Gasteiger partial charge in [-0.15, -0.1) is 0 Å². The van der Waals surface area contributed by atoms with Gasteiger partial charge in [0.05, 0.1) is 11.0 Å². The Balaban J connectivity index is 2.20. The molecule has 0 bridgehead atoms. The number of aliphatic carboxylic acids is 1. The number of hydrogen-bond acceptors (Lipinski definition) is 4. The highest BCUT2D eigenvalue weighted by molar-refractivity contribution is 6.00. The summed E-state index contributed by atoms with van der Waals surface area (Å²) in [4.78, 5) is 37.0. The summed E-state index contributed by atoms with van der Waals surface area (Å²) in [5.41, 5.74) is 1.32. The second-order valence-corrected chi connectivity index (χ2v) is 6.50. The van der Waals surface area contributed by atoms with Crippen LogP contribution in [0.4, 0.5) is 5.69 Å². The van der Waals surface area contributed by atoms with E-state index in [-0.39, 0.29) is 17.6 Å². The minimum atomic E-state index is -1.04. The molecule has 3 rings (SSSR count). The monoisotopic (exact) mass is 354 g/mol. The third kappa shape index (κ3) is 2.81. The van der Waals surface area contributed by atoms with Crippen molar-refractivity contribution in [2.24, 2.45) is 0 Å². The highest BCUT2D eigenvalue weighted by Gasteiger charge is 2.45. The molecular formula is C19H18N2O5. The molecular weight excluding hydrogens is 336 g/mol. The van der Waals surface area contributed by atoms with Crippen molar-refractivity contribution in [3.8, 4) is 0 Å². The Bertz CT molecular complexity index is 876. The lowest BCUT2D eigenvalue weighted by atomic mass is 9.79. The maximum Gasteiger partial charge on any atom is 0.313 e. The number of benzene rings is 2. The number of fused-ring (bicyclic) bond motifs is 1. The first kappa shape index (κ1) is 17.6. The number of carboxylic acids is 1. The van der Waals surface area contributed by atoms with Crippen molar-refractivity contribution in [2.45, 2.75) is 31.8 Å². The number of nitro benzene ring substituents is 1. The zero-order valence-electron chi connectivity index (χ0n) is 14.3. The topological polar surface area (TPSA) is 101 Å². The van der Waals surface area contributed by atoms with Crippen LogP contribution in [0.1, 0.15) is 47.3 Å². The van der Waals surface area contributed by atoms with Gasteiger partial charge in [-0.25, -0.2) is 0 Å². The van der Waals surface area contributed by atoms with Crippen molar-refractivity contribution in [1.82, 2.24) is 4.90 Å². The summed E-state index contributed by atoms with van der Waals surface area (Å²) in [6, 6.07) is 11.4. The summed E-state index contributed by atoms with van der Waals surface area (Å²) in [5, 5.41) is 20.8. The maximum atomic E-state index is 13.0. The molecule has 1 N–H and O–H groups in total. The molecule has 0 radical (unpaired) electrons. The third-order valence-electron chi connectivity index (χ3n) is 4.64. The predicted molar refractivity (Wildman–Crippen MR) is 94.0 cm³/mol. The largest absolute Gasteiger partial charge is 0.481 e. The van der Waals surface area contributed by atoms with Gasteiger partial charge in [0.25, 0.3) is 11.6 Å². The molecule has 0 saturated carbocycles. The molecule has 7 nitrogen and oxygen atoms in total. The van der Waals surface area contributed by atoms with Gasteiger partial charge < -0.3 is 10.0 Å². The lowest BCUT2D eigenvalue weighted by Crippen LogP contribution is -2.48. The highest BCUT2D eigenvalue weighted by Crippen LogP contribution is 2.44. The van der Waals surface area contributed by atoms with Crippen LogP contribution in [0.2, 0.25) is 0 Å². The van der Waals surface area contributed by atoms with Gasteiger partial charge in [-0.1, -0.05) is 30.3 Å². The smallest absolute Gasteiger partial charge is 0.313 e. The summed E-state index contributed by atoms with van der Waals surface area (Å²) in [6.07, 6.45) is 0. The Morgan fingerprint density at radius 2 is 1.77 bits per heavy atom. The average Bonchev–Trinajstić information content (AvgIpc) is 2.61. The van der Waals surface area contributed by atoms with Crippen LogP contribution in [0.5, 0.6) is 0 Å². The Morgan fingerprint density at radius 1 is 1.15 bits per heavy atom. The minimum absolute atomic E-state index is 0.0840. The lowest BCUT2D eigenvalue weighted by molar-refractivity contribution is -0.384. The summed E-state index contributed by atoms with van der Waals surface area (Å²) in [5.74, 6) is -2.23. The summed E-state index contributed by atoms with van der Waals surface area (Å²) in [6.45, 7) is 3.65. The van der Waals surface area contributed by atoms with Crippen LogP contribution in [-0.2, 0) is 4.79 Å². The normalized spacial score (nSPS) is 19.3. The number of hydrogen-bond donors (Lipinski definition) is 1. The van der Waals surface area contributed by atoms with Crippen molar-refractivity contribution in [2.75, 3.05) is 0 Å². The van der Waals surface area contributed by atoms with Gasteiger partial charge in [0.15, 0.2) is 0 Å². The molecule has 134 valence electrons. The van der Waals surface area contributed by atoms with Crippen molar-refractivity contribution in [3.05, 3.63) is 75.3 Å². The number of amides is 1. The maximum absolute atomic E-state index is 13.0. The molecule has 26 heavy (non-hydrogen) atoms. The number of nitrogens with zero attached hydrogens (tertiary/aromatic N) is 2. The molecule has 0 aliphatic carbocycles. The Hall–Kier alpha value is -3.22. The van der Waals surface area contributed by atoms with E-state index in [4.69, 9.17) is 0 Å². The standard InChI is InChI=1S/C19H18N2O5/c1-11(2)20-17(12-7-9-13(10-8-12)21(25)26)16(19(23)24)14-5-3-4-6-15(14)18(20)22/h3-11,16-17H,1-2H3,(H,23,24). The SMILES string of the molecule is CC(C)N1C(=O)c2ccccc2C(C(=O)O)C1c1ccc([N+](=O)[O-])cc1. The molecule has 0 saturated heterocycles. The lowest BCUT2D eigenvalue weighted by Gasteiger charge is -2.43. The van der Waals surface area contributed by atoms with E-state index in [1.54, 1.807) is 29.2 Å². The van der Waals surface area contributed by atoms with Gasteiger partial charge in [0.2, 0.25) is 0 Å². The second-order valence-electron chi connectivity index (χ2n) is 6.50. The van der Waals surface area contributed by atoms with Crippen molar-refractivity contribution < 1.29 is 19.6 Å². The molecule has 1 amide bonds. The number of carbonyl (C=O) groups is 2. The van der Waals surface area contributed by atoms with E-state index in [1.165, 1.54) is 24.3 Å². The third-order valence-corrected chi connectivity index (χ3v) is 4.64. The molecule has 1 aliphatic heterocycles. The van der Waals surface area contributed by atoms with Crippen LogP contribution < -0.4 is 0 Å². The summed E-state index contributed by atoms with van der Waals surface area (Å²) in [7, 11) is 0. The fraction of sp³-hybridized carbons (Fsp3) is 0.263. The zero-order valence-corrected chi connectivity index (χ0v) is 14.3. The first-order valence-corrected chi connectivity index (χ1v) is 8.21. The van der Waals surface area contributed by atoms with Gasteiger partial charge >= 0.3 is 5.97 Å². The summed E-state index contributed by atoms with van der Waals surface area (Å²) < 4.78 is 0. The second kappa shape index (κ2) is 6.59. The quantitative estimate of drug-likeness (QED) is 0.670. The van der Waals surface area contributed by atoms with E-state index < -0.39 is 22.9 Å². The van der Waals surface area contributed by atoms with Gasteiger partial charge in [-0.2, -0.15) is 0 Å². The number of rotatable bonds is 4. The molecule has 2 atom stereocenters. The summed E-state index contributed by atoms with van der Waals surface area (Å²) >= 11 is 0. The van der Waals surface area contributed by atoms with Crippen LogP contribution >= 0.6 is 0 Å². The van der Waals surface area contributed by atoms with E-state index in [0.717, 1.165) is 0 Å². The Labute approximate surface area is 150 Å². The van der Waals surface area contributed by atoms with Gasteiger partial charge in [0, 0.05) is 23.7 Å². The van der Waals surface area contributed by atoms with E-state index >= 15 is 0 Å². The molecule has 0 fully saturated rings. The Morgan fingerprint density at radius 3 is 2.31 bits per heavy atom. The van der Waals surface area contributed by atoms with Gasteiger partial charge in [-0.05, 0) is 31.0 Å². The molecule has 0 spiro atoms. The van der Waals surface area contributed by atoms with Crippen molar-refractivity contribution in [3.63, 3.8) is 0 Å².